The number of pyridine rings is 1. The fourth-order valence-electron chi connectivity index (χ4n) is 3.51. The van der Waals surface area contributed by atoms with Crippen LogP contribution in [0.15, 0.2) is 47.4 Å². The Bertz CT molecular complexity index is 884. The second-order valence-corrected chi connectivity index (χ2v) is 7.30. The highest BCUT2D eigenvalue weighted by Gasteiger charge is 2.20. The Morgan fingerprint density at radius 3 is 2.50 bits per heavy atom. The summed E-state index contributed by atoms with van der Waals surface area (Å²) >= 11 is 0. The van der Waals surface area contributed by atoms with Crippen molar-refractivity contribution in [3.8, 4) is 0 Å². The van der Waals surface area contributed by atoms with Gasteiger partial charge in [0, 0.05) is 32.8 Å². The van der Waals surface area contributed by atoms with Crippen LogP contribution in [0.4, 0.5) is 5.69 Å². The van der Waals surface area contributed by atoms with Crippen molar-refractivity contribution in [2.45, 2.75) is 38.5 Å². The van der Waals surface area contributed by atoms with Gasteiger partial charge >= 0.3 is 0 Å². The van der Waals surface area contributed by atoms with E-state index in [1.165, 1.54) is 16.2 Å². The number of nitrogens with zero attached hydrogens (tertiary/aromatic N) is 2. The molecule has 1 aliphatic rings. The van der Waals surface area contributed by atoms with E-state index >= 15 is 0 Å². The first-order valence-corrected chi connectivity index (χ1v) is 9.88. The van der Waals surface area contributed by atoms with E-state index in [0.29, 0.717) is 18.4 Å². The Morgan fingerprint density at radius 2 is 1.79 bits per heavy atom. The van der Waals surface area contributed by atoms with E-state index in [1.807, 2.05) is 35.2 Å². The highest BCUT2D eigenvalue weighted by molar-refractivity contribution is 5.96. The molecule has 2 amide bonds. The van der Waals surface area contributed by atoms with Crippen molar-refractivity contribution in [1.82, 2.24) is 9.47 Å². The van der Waals surface area contributed by atoms with E-state index < -0.39 is 0 Å². The van der Waals surface area contributed by atoms with Gasteiger partial charge < -0.3 is 14.8 Å². The summed E-state index contributed by atoms with van der Waals surface area (Å²) in [6, 6.07) is 11.5. The second kappa shape index (κ2) is 9.35. The van der Waals surface area contributed by atoms with Crippen LogP contribution in [-0.4, -0.2) is 34.4 Å². The van der Waals surface area contributed by atoms with Gasteiger partial charge in [-0.1, -0.05) is 30.3 Å². The fraction of sp³-hybridized carbons (Fsp3) is 0.409. The third-order valence-electron chi connectivity index (χ3n) is 5.06. The van der Waals surface area contributed by atoms with Gasteiger partial charge in [0.1, 0.15) is 5.69 Å². The maximum absolute atomic E-state index is 12.7. The molecule has 1 aromatic carbocycles. The summed E-state index contributed by atoms with van der Waals surface area (Å²) in [6.07, 6.45) is 6.52. The van der Waals surface area contributed by atoms with Crippen molar-refractivity contribution >= 4 is 17.5 Å². The van der Waals surface area contributed by atoms with Crippen LogP contribution in [0.3, 0.4) is 0 Å². The van der Waals surface area contributed by atoms with Crippen LogP contribution in [0.5, 0.6) is 0 Å². The van der Waals surface area contributed by atoms with E-state index in [2.05, 4.69) is 5.32 Å². The second-order valence-electron chi connectivity index (χ2n) is 7.30. The molecule has 0 spiro atoms. The zero-order valence-corrected chi connectivity index (χ0v) is 16.3. The topological polar surface area (TPSA) is 71.4 Å². The number of likely N-dealkylation sites (tertiary alicyclic amines) is 1. The largest absolute Gasteiger partial charge is 0.339 e. The molecular formula is C22H27N3O3. The third-order valence-corrected chi connectivity index (χ3v) is 5.06. The molecule has 6 nitrogen and oxygen atoms in total. The summed E-state index contributed by atoms with van der Waals surface area (Å²) in [5.41, 5.74) is 1.46. The minimum atomic E-state index is -0.313. The first-order chi connectivity index (χ1) is 13.5. The number of carbonyl (C=O) groups excluding carboxylic acids is 2. The number of nitrogens with one attached hydrogen (secondary N) is 1. The fourth-order valence-corrected chi connectivity index (χ4v) is 3.51. The van der Waals surface area contributed by atoms with Gasteiger partial charge in [-0.25, -0.2) is 0 Å². The van der Waals surface area contributed by atoms with E-state index in [4.69, 9.17) is 0 Å². The quantitative estimate of drug-likeness (QED) is 0.836. The maximum atomic E-state index is 12.7. The molecule has 1 N–H and O–H groups in total. The Balaban J connectivity index is 1.63. The molecule has 0 aliphatic carbocycles. The monoisotopic (exact) mass is 381 g/mol. The summed E-state index contributed by atoms with van der Waals surface area (Å²) in [4.78, 5) is 39.2. The first kappa shape index (κ1) is 19.9. The van der Waals surface area contributed by atoms with Gasteiger partial charge in [0.05, 0.1) is 5.56 Å². The van der Waals surface area contributed by atoms with Crippen LogP contribution >= 0.6 is 0 Å². The first-order valence-electron chi connectivity index (χ1n) is 9.88. The molecule has 28 heavy (non-hydrogen) atoms. The van der Waals surface area contributed by atoms with Crippen molar-refractivity contribution in [3.05, 3.63) is 64.1 Å². The number of benzene rings is 1. The van der Waals surface area contributed by atoms with Crippen molar-refractivity contribution in [2.24, 2.45) is 7.05 Å². The third kappa shape index (κ3) is 5.09. The molecule has 6 heteroatoms. The van der Waals surface area contributed by atoms with E-state index in [0.717, 1.165) is 38.8 Å². The van der Waals surface area contributed by atoms with Gasteiger partial charge in [0.2, 0.25) is 5.91 Å². The van der Waals surface area contributed by atoms with E-state index in [1.54, 1.807) is 13.2 Å². The number of rotatable bonds is 6. The van der Waals surface area contributed by atoms with E-state index in [-0.39, 0.29) is 23.1 Å². The lowest BCUT2D eigenvalue weighted by Gasteiger charge is -2.27. The van der Waals surface area contributed by atoms with Crippen LogP contribution in [-0.2, 0) is 18.3 Å². The standard InChI is InChI=1S/C22H27N3O3/c1-24-16-18(21(27)25-13-6-3-7-14-25)15-19(22(24)28)23-20(26)12-8-11-17-9-4-2-5-10-17/h2,4-5,9-10,15-16H,3,6-8,11-14H2,1H3,(H,23,26). The molecule has 1 aliphatic heterocycles. The predicted octanol–water partition coefficient (Wildman–Crippen LogP) is 2.97. The minimum absolute atomic E-state index is 0.0881. The molecule has 0 bridgehead atoms. The lowest BCUT2D eigenvalue weighted by molar-refractivity contribution is -0.116. The van der Waals surface area contributed by atoms with Gasteiger partial charge in [-0.3, -0.25) is 14.4 Å². The molecule has 148 valence electrons. The Labute approximate surface area is 165 Å². The minimum Gasteiger partial charge on any atom is -0.339 e. The SMILES string of the molecule is Cn1cc(C(=O)N2CCCCC2)cc(NC(=O)CCCc2ccccc2)c1=O. The zero-order chi connectivity index (χ0) is 19.9. The van der Waals surface area contributed by atoms with Gasteiger partial charge in [-0.05, 0) is 43.7 Å². The highest BCUT2D eigenvalue weighted by atomic mass is 16.2. The summed E-state index contributed by atoms with van der Waals surface area (Å²) in [5, 5.41) is 2.69. The molecule has 1 aromatic heterocycles. The molecule has 0 unspecified atom stereocenters. The van der Waals surface area contributed by atoms with Crippen molar-refractivity contribution in [2.75, 3.05) is 18.4 Å². The van der Waals surface area contributed by atoms with Crippen LogP contribution in [0.1, 0.15) is 48.0 Å². The van der Waals surface area contributed by atoms with Gasteiger partial charge in [0.25, 0.3) is 11.5 Å². The lowest BCUT2D eigenvalue weighted by Crippen LogP contribution is -2.36. The van der Waals surface area contributed by atoms with Gasteiger partial charge in [0.15, 0.2) is 0 Å². The van der Waals surface area contributed by atoms with Crippen molar-refractivity contribution in [3.63, 3.8) is 0 Å². The molecule has 0 saturated carbocycles. The molecule has 1 saturated heterocycles. The zero-order valence-electron chi connectivity index (χ0n) is 16.3. The van der Waals surface area contributed by atoms with Gasteiger partial charge in [-0.2, -0.15) is 0 Å². The molecule has 1 fully saturated rings. The summed E-state index contributed by atoms with van der Waals surface area (Å²) in [5.74, 6) is -0.300. The summed E-state index contributed by atoms with van der Waals surface area (Å²) in [6.45, 7) is 1.48. The summed E-state index contributed by atoms with van der Waals surface area (Å²) in [7, 11) is 1.60. The molecule has 2 aromatic rings. The Hall–Kier alpha value is -2.89. The van der Waals surface area contributed by atoms with Crippen LogP contribution in [0.2, 0.25) is 0 Å². The van der Waals surface area contributed by atoms with Crippen molar-refractivity contribution < 1.29 is 9.59 Å². The van der Waals surface area contributed by atoms with Crippen LogP contribution in [0, 0.1) is 0 Å². The Kier molecular flexibility index (Phi) is 6.63. The average molecular weight is 381 g/mol. The molecule has 0 atom stereocenters. The van der Waals surface area contributed by atoms with Crippen LogP contribution in [0.25, 0.3) is 0 Å². The number of aromatic nitrogens is 1. The van der Waals surface area contributed by atoms with Crippen molar-refractivity contribution in [1.29, 1.82) is 0 Å². The normalized spacial score (nSPS) is 14.0. The smallest absolute Gasteiger partial charge is 0.274 e. The number of carbonyl (C=O) groups is 2. The predicted molar refractivity (Wildman–Crippen MR) is 109 cm³/mol. The number of piperidine rings is 1. The number of aryl methyl sites for hydroxylation is 2. The van der Waals surface area contributed by atoms with E-state index in [9.17, 15) is 14.4 Å². The highest BCUT2D eigenvalue weighted by Crippen LogP contribution is 2.15. The average Bonchev–Trinajstić information content (AvgIpc) is 2.72. The lowest BCUT2D eigenvalue weighted by atomic mass is 10.1. The Morgan fingerprint density at radius 1 is 1.07 bits per heavy atom. The maximum Gasteiger partial charge on any atom is 0.274 e. The molecule has 3 rings (SSSR count). The number of hydrogen-bond donors (Lipinski definition) is 1. The summed E-state index contributed by atoms with van der Waals surface area (Å²) < 4.78 is 1.36. The number of hydrogen-bond acceptors (Lipinski definition) is 3. The molecule has 2 heterocycles. The van der Waals surface area contributed by atoms with Gasteiger partial charge in [-0.15, -0.1) is 0 Å². The van der Waals surface area contributed by atoms with Crippen LogP contribution < -0.4 is 10.9 Å². The number of anilines is 1. The molecule has 0 radical (unpaired) electrons. The molecular weight excluding hydrogens is 354 g/mol. The number of amides is 2.